The van der Waals surface area contributed by atoms with Crippen molar-refractivity contribution in [2.45, 2.75) is 92.1 Å². The van der Waals surface area contributed by atoms with Gasteiger partial charge in [-0.15, -0.1) is 0 Å². The molecule has 7 unspecified atom stereocenters. The van der Waals surface area contributed by atoms with Crippen LogP contribution in [0.15, 0.2) is 11.3 Å². The molecule has 5 nitrogen and oxygen atoms in total. The van der Waals surface area contributed by atoms with Gasteiger partial charge in [-0.2, -0.15) is 0 Å². The molecule has 0 aromatic heterocycles. The number of Topliss-reactive ketones (excluding diaryl/α,β-unsaturated/α-hetero) is 1. The van der Waals surface area contributed by atoms with E-state index in [-0.39, 0.29) is 34.8 Å². The van der Waals surface area contributed by atoms with E-state index in [1.54, 1.807) is 0 Å². The van der Waals surface area contributed by atoms with E-state index in [1.807, 2.05) is 6.92 Å². The summed E-state index contributed by atoms with van der Waals surface area (Å²) in [6.45, 7) is 9.37. The van der Waals surface area contributed by atoms with Gasteiger partial charge in [-0.25, -0.2) is 0 Å². The summed E-state index contributed by atoms with van der Waals surface area (Å²) >= 11 is 0. The van der Waals surface area contributed by atoms with Gasteiger partial charge in [0.25, 0.3) is 0 Å². The topological polar surface area (TPSA) is 69.7 Å². The Morgan fingerprint density at radius 1 is 1.00 bits per heavy atom. The van der Waals surface area contributed by atoms with Crippen molar-refractivity contribution in [3.05, 3.63) is 11.3 Å². The van der Waals surface area contributed by atoms with E-state index in [1.165, 1.54) is 19.4 Å². The second kappa shape index (κ2) is 7.49. The molecule has 166 valence electrons. The molecule has 0 saturated heterocycles. The van der Waals surface area contributed by atoms with Gasteiger partial charge in [0.2, 0.25) is 0 Å². The van der Waals surface area contributed by atoms with Gasteiger partial charge in [0.15, 0.2) is 0 Å². The lowest BCUT2D eigenvalue weighted by atomic mass is 9.44. The van der Waals surface area contributed by atoms with Crippen LogP contribution in [0.1, 0.15) is 86.0 Å². The first-order valence-corrected chi connectivity index (χ1v) is 11.6. The molecule has 0 aromatic carbocycles. The third-order valence-electron chi connectivity index (χ3n) is 9.14. The molecule has 0 bridgehead atoms. The van der Waals surface area contributed by atoms with E-state index in [2.05, 4.69) is 13.8 Å². The largest absolute Gasteiger partial charge is 0.463 e. The molecular weight excluding hydrogens is 380 g/mol. The van der Waals surface area contributed by atoms with Crippen LogP contribution in [0.2, 0.25) is 0 Å². The Hall–Kier alpha value is -1.65. The van der Waals surface area contributed by atoms with Crippen molar-refractivity contribution in [3.63, 3.8) is 0 Å². The van der Waals surface area contributed by atoms with Crippen LogP contribution in [0, 0.1) is 34.5 Å². The standard InChI is InChI=1S/C25H36O5/c1-14(29-15(2)26)20-8-9-21-19-7-6-17-12-18(30-16(3)27)10-11-24(17,4)23(19)22(28)13-25(20,21)5/h17-19,21,23H,6-13H2,1-5H3. The minimum absolute atomic E-state index is 0.00785. The number of hydrogen-bond donors (Lipinski definition) is 0. The summed E-state index contributed by atoms with van der Waals surface area (Å²) in [5, 5.41) is 0. The third-order valence-corrected chi connectivity index (χ3v) is 9.14. The van der Waals surface area contributed by atoms with Gasteiger partial charge in [-0.1, -0.05) is 13.8 Å². The van der Waals surface area contributed by atoms with Crippen LogP contribution in [0.25, 0.3) is 0 Å². The Balaban J connectivity index is 1.60. The molecule has 0 amide bonds. The zero-order valence-electron chi connectivity index (χ0n) is 19.1. The van der Waals surface area contributed by atoms with Gasteiger partial charge < -0.3 is 9.47 Å². The molecule has 0 aromatic rings. The second-order valence-electron chi connectivity index (χ2n) is 10.8. The first kappa shape index (κ1) is 21.6. The van der Waals surface area contributed by atoms with Gasteiger partial charge >= 0.3 is 11.9 Å². The number of carbonyl (C=O) groups is 3. The number of allylic oxidation sites excluding steroid dienone is 2. The van der Waals surface area contributed by atoms with Crippen LogP contribution in [0.3, 0.4) is 0 Å². The molecule has 0 N–H and O–H groups in total. The minimum Gasteiger partial charge on any atom is -0.463 e. The lowest BCUT2D eigenvalue weighted by Crippen LogP contribution is -2.57. The van der Waals surface area contributed by atoms with E-state index < -0.39 is 0 Å². The van der Waals surface area contributed by atoms with Crippen LogP contribution >= 0.6 is 0 Å². The molecule has 4 rings (SSSR count). The summed E-state index contributed by atoms with van der Waals surface area (Å²) in [4.78, 5) is 36.6. The van der Waals surface area contributed by atoms with E-state index in [4.69, 9.17) is 9.47 Å². The lowest BCUT2D eigenvalue weighted by molar-refractivity contribution is -0.166. The fourth-order valence-corrected chi connectivity index (χ4v) is 8.05. The summed E-state index contributed by atoms with van der Waals surface area (Å²) in [6, 6.07) is 0. The minimum atomic E-state index is -0.287. The summed E-state index contributed by atoms with van der Waals surface area (Å²) in [7, 11) is 0. The number of carbonyl (C=O) groups excluding carboxylic acids is 3. The number of esters is 2. The van der Waals surface area contributed by atoms with E-state index in [0.717, 1.165) is 44.9 Å². The van der Waals surface area contributed by atoms with Crippen molar-refractivity contribution in [1.29, 1.82) is 0 Å². The predicted octanol–water partition coefficient (Wildman–Crippen LogP) is 4.98. The highest BCUT2D eigenvalue weighted by Gasteiger charge is 2.62. The lowest BCUT2D eigenvalue weighted by Gasteiger charge is -2.59. The van der Waals surface area contributed by atoms with Crippen molar-refractivity contribution >= 4 is 17.7 Å². The van der Waals surface area contributed by atoms with Crippen LogP contribution in [-0.2, 0) is 23.9 Å². The van der Waals surface area contributed by atoms with E-state index >= 15 is 0 Å². The maximum absolute atomic E-state index is 13.7. The zero-order valence-corrected chi connectivity index (χ0v) is 19.1. The Morgan fingerprint density at radius 2 is 1.73 bits per heavy atom. The summed E-state index contributed by atoms with van der Waals surface area (Å²) in [6.07, 6.45) is 7.46. The van der Waals surface area contributed by atoms with Gasteiger partial charge in [-0.05, 0) is 80.6 Å². The van der Waals surface area contributed by atoms with E-state index in [0.29, 0.717) is 35.7 Å². The fourth-order valence-electron chi connectivity index (χ4n) is 8.05. The summed E-state index contributed by atoms with van der Waals surface area (Å²) < 4.78 is 11.0. The van der Waals surface area contributed by atoms with Gasteiger partial charge in [0.1, 0.15) is 17.6 Å². The quantitative estimate of drug-likeness (QED) is 0.469. The third kappa shape index (κ3) is 3.33. The molecule has 4 aliphatic carbocycles. The molecule has 7 atom stereocenters. The predicted molar refractivity (Wildman–Crippen MR) is 112 cm³/mol. The molecule has 4 fully saturated rings. The Kier molecular flexibility index (Phi) is 5.39. The summed E-state index contributed by atoms with van der Waals surface area (Å²) in [5.74, 6) is 2.06. The maximum Gasteiger partial charge on any atom is 0.307 e. The van der Waals surface area contributed by atoms with Crippen molar-refractivity contribution in [2.24, 2.45) is 34.5 Å². The average Bonchev–Trinajstić information content (AvgIpc) is 2.97. The van der Waals surface area contributed by atoms with Crippen molar-refractivity contribution in [3.8, 4) is 0 Å². The van der Waals surface area contributed by atoms with Gasteiger partial charge in [-0.3, -0.25) is 14.4 Å². The van der Waals surface area contributed by atoms with Gasteiger partial charge in [0.05, 0.1) is 0 Å². The smallest absolute Gasteiger partial charge is 0.307 e. The number of hydrogen-bond acceptors (Lipinski definition) is 5. The molecule has 0 heterocycles. The number of fused-ring (bicyclic) bond motifs is 5. The van der Waals surface area contributed by atoms with Crippen molar-refractivity contribution in [1.82, 2.24) is 0 Å². The highest BCUT2D eigenvalue weighted by molar-refractivity contribution is 5.85. The normalized spacial score (nSPS) is 44.4. The Labute approximate surface area is 179 Å². The number of ketones is 1. The van der Waals surface area contributed by atoms with Crippen LogP contribution in [0.5, 0.6) is 0 Å². The van der Waals surface area contributed by atoms with E-state index in [9.17, 15) is 14.4 Å². The van der Waals surface area contributed by atoms with Gasteiger partial charge in [0, 0.05) is 31.6 Å². The first-order valence-electron chi connectivity index (χ1n) is 11.6. The average molecular weight is 417 g/mol. The number of ether oxygens (including phenoxy) is 2. The zero-order chi connectivity index (χ0) is 21.8. The van der Waals surface area contributed by atoms with Crippen LogP contribution < -0.4 is 0 Å². The Bertz CT molecular complexity index is 797. The Morgan fingerprint density at radius 3 is 2.40 bits per heavy atom. The molecule has 30 heavy (non-hydrogen) atoms. The van der Waals surface area contributed by atoms with Crippen molar-refractivity contribution in [2.75, 3.05) is 0 Å². The molecular formula is C25H36O5. The summed E-state index contributed by atoms with van der Waals surface area (Å²) in [5.41, 5.74) is 1.01. The SMILES string of the molecule is CC(=O)OC(C)=C1CCC2C3CCC4CC(OC(C)=O)CCC4(C)C3C(=O)CC12C. The second-order valence-corrected chi connectivity index (χ2v) is 10.8. The number of rotatable bonds is 2. The molecule has 4 aliphatic rings. The molecule has 0 spiro atoms. The van der Waals surface area contributed by atoms with Crippen LogP contribution in [-0.4, -0.2) is 23.8 Å². The first-order chi connectivity index (χ1) is 14.1. The maximum atomic E-state index is 13.7. The highest BCUT2D eigenvalue weighted by atomic mass is 16.5. The highest BCUT2D eigenvalue weighted by Crippen LogP contribution is 2.66. The van der Waals surface area contributed by atoms with Crippen LogP contribution in [0.4, 0.5) is 0 Å². The molecule has 0 radical (unpaired) electrons. The molecule has 0 aliphatic heterocycles. The fraction of sp³-hybridized carbons (Fsp3) is 0.800. The molecule has 5 heteroatoms. The monoisotopic (exact) mass is 416 g/mol. The molecule has 4 saturated carbocycles. The van der Waals surface area contributed by atoms with Crippen molar-refractivity contribution < 1.29 is 23.9 Å².